The summed E-state index contributed by atoms with van der Waals surface area (Å²) in [6.07, 6.45) is 0.750. The summed E-state index contributed by atoms with van der Waals surface area (Å²) in [7, 11) is 1.32. The van der Waals surface area contributed by atoms with E-state index >= 15 is 0 Å². The number of methoxy groups -OCH3 is 1. The monoisotopic (exact) mass is 267 g/mol. The van der Waals surface area contributed by atoms with Crippen LogP contribution in [0.25, 0.3) is 0 Å². The van der Waals surface area contributed by atoms with E-state index in [4.69, 9.17) is 5.26 Å². The molecule has 1 aromatic carbocycles. The van der Waals surface area contributed by atoms with Crippen LogP contribution in [0.15, 0.2) is 16.6 Å². The van der Waals surface area contributed by atoms with E-state index in [2.05, 4.69) is 20.7 Å². The van der Waals surface area contributed by atoms with Gasteiger partial charge >= 0.3 is 5.97 Å². The number of halogens is 1. The van der Waals surface area contributed by atoms with Gasteiger partial charge in [-0.3, -0.25) is 0 Å². The molecule has 0 spiro atoms. The second kappa shape index (κ2) is 4.94. The van der Waals surface area contributed by atoms with Gasteiger partial charge in [0.2, 0.25) is 0 Å². The van der Waals surface area contributed by atoms with Gasteiger partial charge in [-0.1, -0.05) is 6.92 Å². The van der Waals surface area contributed by atoms with E-state index in [0.717, 1.165) is 16.5 Å². The van der Waals surface area contributed by atoms with Crippen molar-refractivity contribution in [2.45, 2.75) is 13.3 Å². The Morgan fingerprint density at radius 2 is 2.27 bits per heavy atom. The summed E-state index contributed by atoms with van der Waals surface area (Å²) < 4.78 is 5.36. The van der Waals surface area contributed by atoms with E-state index < -0.39 is 5.97 Å². The molecular weight excluding hydrogens is 258 g/mol. The number of rotatable bonds is 2. The zero-order valence-corrected chi connectivity index (χ0v) is 10.1. The third-order valence-corrected chi connectivity index (χ3v) is 3.01. The molecule has 0 aliphatic carbocycles. The van der Waals surface area contributed by atoms with Gasteiger partial charge < -0.3 is 4.74 Å². The Hall–Kier alpha value is -1.34. The average Bonchev–Trinajstić information content (AvgIpc) is 2.28. The lowest BCUT2D eigenvalue weighted by atomic mass is 10.0. The number of aryl methyl sites for hydroxylation is 1. The molecule has 0 fully saturated rings. The SMILES string of the molecule is CCc1cc(C(=O)OC)cc(C#N)c1Br. The first-order valence-corrected chi connectivity index (χ1v) is 5.24. The number of esters is 1. The van der Waals surface area contributed by atoms with Crippen molar-refractivity contribution in [3.05, 3.63) is 33.3 Å². The fourth-order valence-electron chi connectivity index (χ4n) is 1.26. The molecule has 0 aromatic heterocycles. The van der Waals surface area contributed by atoms with Gasteiger partial charge in [-0.2, -0.15) is 5.26 Å². The molecule has 0 amide bonds. The fraction of sp³-hybridized carbons (Fsp3) is 0.273. The van der Waals surface area contributed by atoms with Crippen LogP contribution in [-0.2, 0) is 11.2 Å². The summed E-state index contributed by atoms with van der Waals surface area (Å²) in [6, 6.07) is 5.29. The molecule has 3 nitrogen and oxygen atoms in total. The summed E-state index contributed by atoms with van der Waals surface area (Å²) in [5.41, 5.74) is 1.79. The van der Waals surface area contributed by atoms with Crippen LogP contribution in [-0.4, -0.2) is 13.1 Å². The van der Waals surface area contributed by atoms with Crippen molar-refractivity contribution in [2.24, 2.45) is 0 Å². The van der Waals surface area contributed by atoms with Gasteiger partial charge in [0.15, 0.2) is 0 Å². The van der Waals surface area contributed by atoms with Gasteiger partial charge in [0.05, 0.1) is 18.2 Å². The van der Waals surface area contributed by atoms with E-state index in [-0.39, 0.29) is 0 Å². The molecule has 78 valence electrons. The molecule has 0 heterocycles. The number of benzene rings is 1. The molecule has 0 unspecified atom stereocenters. The Bertz CT molecular complexity index is 435. The van der Waals surface area contributed by atoms with Crippen LogP contribution >= 0.6 is 15.9 Å². The minimum Gasteiger partial charge on any atom is -0.465 e. The second-order valence-electron chi connectivity index (χ2n) is 2.95. The zero-order chi connectivity index (χ0) is 11.4. The van der Waals surface area contributed by atoms with Crippen molar-refractivity contribution in [2.75, 3.05) is 7.11 Å². The summed E-state index contributed by atoms with van der Waals surface area (Å²) in [5.74, 6) is -0.422. The van der Waals surface area contributed by atoms with Gasteiger partial charge in [-0.05, 0) is 40.0 Å². The summed E-state index contributed by atoms with van der Waals surface area (Å²) >= 11 is 3.33. The lowest BCUT2D eigenvalue weighted by Crippen LogP contribution is -2.03. The van der Waals surface area contributed by atoms with E-state index in [0.29, 0.717) is 11.1 Å². The molecule has 0 aliphatic rings. The summed E-state index contributed by atoms with van der Waals surface area (Å²) in [6.45, 7) is 1.96. The predicted molar refractivity (Wildman–Crippen MR) is 59.6 cm³/mol. The van der Waals surface area contributed by atoms with E-state index in [1.807, 2.05) is 13.0 Å². The minimum atomic E-state index is -0.422. The third kappa shape index (κ3) is 2.37. The number of nitrogens with zero attached hydrogens (tertiary/aromatic N) is 1. The molecule has 0 saturated heterocycles. The van der Waals surface area contributed by atoms with Crippen molar-refractivity contribution in [3.63, 3.8) is 0 Å². The Kier molecular flexibility index (Phi) is 3.87. The fourth-order valence-corrected chi connectivity index (χ4v) is 1.86. The number of carbonyl (C=O) groups excluding carboxylic acids is 1. The molecule has 0 bridgehead atoms. The first kappa shape index (κ1) is 11.7. The Labute approximate surface area is 96.8 Å². The Balaban J connectivity index is 3.34. The lowest BCUT2D eigenvalue weighted by molar-refractivity contribution is 0.0600. The van der Waals surface area contributed by atoms with Crippen molar-refractivity contribution in [1.29, 1.82) is 5.26 Å². The average molecular weight is 268 g/mol. The molecule has 0 atom stereocenters. The van der Waals surface area contributed by atoms with Gasteiger partial charge in [0.1, 0.15) is 6.07 Å². The van der Waals surface area contributed by atoms with Gasteiger partial charge in [0, 0.05) is 4.47 Å². The van der Waals surface area contributed by atoms with Gasteiger partial charge in [-0.25, -0.2) is 4.79 Å². The number of carbonyl (C=O) groups is 1. The van der Waals surface area contributed by atoms with Crippen molar-refractivity contribution in [3.8, 4) is 6.07 Å². The topological polar surface area (TPSA) is 50.1 Å². The molecule has 15 heavy (non-hydrogen) atoms. The first-order chi connectivity index (χ1) is 7.13. The Morgan fingerprint density at radius 1 is 1.60 bits per heavy atom. The van der Waals surface area contributed by atoms with Crippen LogP contribution in [0, 0.1) is 11.3 Å². The molecular formula is C11H10BrNO2. The molecule has 4 heteroatoms. The van der Waals surface area contributed by atoms with E-state index in [1.54, 1.807) is 6.07 Å². The summed E-state index contributed by atoms with van der Waals surface area (Å²) in [5, 5.41) is 8.89. The normalized spacial score (nSPS) is 9.47. The maximum absolute atomic E-state index is 11.3. The zero-order valence-electron chi connectivity index (χ0n) is 8.50. The highest BCUT2D eigenvalue weighted by atomic mass is 79.9. The van der Waals surface area contributed by atoms with Crippen molar-refractivity contribution in [1.82, 2.24) is 0 Å². The second-order valence-corrected chi connectivity index (χ2v) is 3.75. The minimum absolute atomic E-state index is 0.411. The van der Waals surface area contributed by atoms with Crippen LogP contribution in [0.5, 0.6) is 0 Å². The highest BCUT2D eigenvalue weighted by Crippen LogP contribution is 2.24. The lowest BCUT2D eigenvalue weighted by Gasteiger charge is -2.06. The van der Waals surface area contributed by atoms with Crippen LogP contribution in [0.2, 0.25) is 0 Å². The maximum atomic E-state index is 11.3. The molecule has 1 rings (SSSR count). The standard InChI is InChI=1S/C11H10BrNO2/c1-3-7-4-8(11(14)15-2)5-9(6-13)10(7)12/h4-5H,3H2,1-2H3. The van der Waals surface area contributed by atoms with Crippen LogP contribution in [0.3, 0.4) is 0 Å². The van der Waals surface area contributed by atoms with Crippen molar-refractivity contribution >= 4 is 21.9 Å². The summed E-state index contributed by atoms with van der Waals surface area (Å²) in [4.78, 5) is 11.3. The molecule has 1 aromatic rings. The highest BCUT2D eigenvalue weighted by Gasteiger charge is 2.12. The van der Waals surface area contributed by atoms with Crippen LogP contribution < -0.4 is 0 Å². The van der Waals surface area contributed by atoms with Crippen LogP contribution in [0.1, 0.15) is 28.4 Å². The Morgan fingerprint density at radius 3 is 2.73 bits per heavy atom. The first-order valence-electron chi connectivity index (χ1n) is 4.44. The number of ether oxygens (including phenoxy) is 1. The van der Waals surface area contributed by atoms with E-state index in [9.17, 15) is 4.79 Å². The molecule has 0 radical (unpaired) electrons. The predicted octanol–water partition coefficient (Wildman–Crippen LogP) is 2.67. The van der Waals surface area contributed by atoms with Gasteiger partial charge in [-0.15, -0.1) is 0 Å². The molecule has 0 aliphatic heterocycles. The number of hydrogen-bond acceptors (Lipinski definition) is 3. The van der Waals surface area contributed by atoms with Crippen LogP contribution in [0.4, 0.5) is 0 Å². The van der Waals surface area contributed by atoms with Crippen molar-refractivity contribution < 1.29 is 9.53 Å². The van der Waals surface area contributed by atoms with E-state index in [1.165, 1.54) is 13.2 Å². The quantitative estimate of drug-likeness (QED) is 0.775. The maximum Gasteiger partial charge on any atom is 0.337 e. The highest BCUT2D eigenvalue weighted by molar-refractivity contribution is 9.10. The smallest absolute Gasteiger partial charge is 0.337 e. The number of nitriles is 1. The third-order valence-electron chi connectivity index (χ3n) is 2.07. The largest absolute Gasteiger partial charge is 0.465 e. The molecule has 0 N–H and O–H groups in total. The molecule has 0 saturated carbocycles. The van der Waals surface area contributed by atoms with Gasteiger partial charge in [0.25, 0.3) is 0 Å². The number of hydrogen-bond donors (Lipinski definition) is 0.